The molecule has 1 saturated carbocycles. The third-order valence-electron chi connectivity index (χ3n) is 10.0. The Morgan fingerprint density at radius 2 is 1.78 bits per heavy atom. The van der Waals surface area contributed by atoms with Crippen molar-refractivity contribution in [2.75, 3.05) is 34.3 Å². The molecule has 0 bridgehead atoms. The first-order valence-corrected chi connectivity index (χ1v) is 15.3. The summed E-state index contributed by atoms with van der Waals surface area (Å²) in [6, 6.07) is 8.05. The summed E-state index contributed by atoms with van der Waals surface area (Å²) in [4.78, 5) is 43.6. The predicted octanol–water partition coefficient (Wildman–Crippen LogP) is 2.63. The van der Waals surface area contributed by atoms with E-state index in [1.165, 1.54) is 17.4 Å². The summed E-state index contributed by atoms with van der Waals surface area (Å²) >= 11 is 0. The molecule has 1 aliphatic heterocycles. The van der Waals surface area contributed by atoms with Crippen LogP contribution in [0.3, 0.4) is 0 Å². The van der Waals surface area contributed by atoms with Crippen molar-refractivity contribution in [2.45, 2.75) is 50.3 Å². The number of rotatable bonds is 6. The number of phenols is 1. The monoisotopic (exact) mass is 617 g/mol. The molecule has 4 aliphatic rings. The van der Waals surface area contributed by atoms with Gasteiger partial charge in [0.15, 0.2) is 11.4 Å². The van der Waals surface area contributed by atoms with Crippen LogP contribution in [-0.4, -0.2) is 93.6 Å². The number of ether oxygens (including phenoxy) is 1. The van der Waals surface area contributed by atoms with Crippen LogP contribution < -0.4 is 10.5 Å². The van der Waals surface area contributed by atoms with Crippen LogP contribution >= 0.6 is 0 Å². The number of carbonyl (C=O) groups is 3. The maximum atomic E-state index is 14.1. The molecule has 238 valence electrons. The van der Waals surface area contributed by atoms with Crippen molar-refractivity contribution in [1.82, 2.24) is 9.80 Å². The van der Waals surface area contributed by atoms with E-state index in [9.17, 15) is 34.8 Å². The highest BCUT2D eigenvalue weighted by Crippen LogP contribution is 2.54. The molecular formula is C34H39N3O8. The van der Waals surface area contributed by atoms with Crippen LogP contribution in [0, 0.1) is 11.8 Å². The summed E-state index contributed by atoms with van der Waals surface area (Å²) in [5.41, 5.74) is 4.93. The second-order valence-corrected chi connectivity index (χ2v) is 12.8. The Kier molecular flexibility index (Phi) is 7.75. The van der Waals surface area contributed by atoms with Crippen molar-refractivity contribution in [3.8, 4) is 22.6 Å². The van der Waals surface area contributed by atoms with Crippen molar-refractivity contribution >= 4 is 23.2 Å². The largest absolute Gasteiger partial charge is 0.508 e. The lowest BCUT2D eigenvalue weighted by Gasteiger charge is -2.50. The van der Waals surface area contributed by atoms with Crippen LogP contribution in [0.5, 0.6) is 11.5 Å². The number of phenolic OH excluding ortho intramolecular Hbond substituents is 1. The summed E-state index contributed by atoms with van der Waals surface area (Å²) in [7, 11) is 4.73. The van der Waals surface area contributed by atoms with Crippen molar-refractivity contribution in [3.63, 3.8) is 0 Å². The van der Waals surface area contributed by atoms with Crippen molar-refractivity contribution in [2.24, 2.45) is 17.6 Å². The van der Waals surface area contributed by atoms with E-state index in [2.05, 4.69) is 11.0 Å². The molecule has 4 atom stereocenters. The molecule has 2 aromatic rings. The fourth-order valence-electron chi connectivity index (χ4n) is 7.94. The zero-order chi connectivity index (χ0) is 32.4. The molecule has 1 saturated heterocycles. The van der Waals surface area contributed by atoms with Gasteiger partial charge >= 0.3 is 0 Å². The fourth-order valence-corrected chi connectivity index (χ4v) is 7.94. The Balaban J connectivity index is 1.49. The highest BCUT2D eigenvalue weighted by molar-refractivity contribution is 6.24. The zero-order valence-electron chi connectivity index (χ0n) is 25.7. The Labute approximate surface area is 261 Å². The number of amides is 1. The molecule has 2 fully saturated rings. The van der Waals surface area contributed by atoms with E-state index in [4.69, 9.17) is 10.5 Å². The number of piperidine rings is 1. The van der Waals surface area contributed by atoms with Gasteiger partial charge < -0.3 is 30.9 Å². The quantitative estimate of drug-likeness (QED) is 0.303. The van der Waals surface area contributed by atoms with Crippen LogP contribution in [0.4, 0.5) is 0 Å². The number of fused-ring (bicyclic) bond motifs is 3. The second kappa shape index (κ2) is 11.3. The first-order chi connectivity index (χ1) is 21.4. The minimum atomic E-state index is -2.68. The van der Waals surface area contributed by atoms with Gasteiger partial charge in [-0.2, -0.15) is 0 Å². The minimum absolute atomic E-state index is 0.0208. The van der Waals surface area contributed by atoms with Gasteiger partial charge in [-0.1, -0.05) is 18.6 Å². The molecule has 0 unspecified atom stereocenters. The van der Waals surface area contributed by atoms with E-state index < -0.39 is 58.0 Å². The standard InChI is InChI=1S/C34H39N3O8/c1-36(2)28-22-15-18-14-21-19(20-13-17(7-10-24(20)45-3)16-37-11-5-4-6-12-37)8-9-23(38)26(21)29(39)25(18)31(41)34(22,44)32(42)27(30(28)40)33(35)43/h7-10,13,18,22,28,38-39,42,44H,4-6,11-12,14-16H2,1-3H3,(H2,35,43)/t18-,22-,28-,34-/m0/s1. The van der Waals surface area contributed by atoms with E-state index in [1.54, 1.807) is 27.3 Å². The molecule has 0 radical (unpaired) electrons. The Bertz CT molecular complexity index is 1670. The van der Waals surface area contributed by atoms with Gasteiger partial charge in [0, 0.05) is 23.6 Å². The molecule has 11 heteroatoms. The van der Waals surface area contributed by atoms with Crippen LogP contribution in [0.1, 0.15) is 42.4 Å². The summed E-state index contributed by atoms with van der Waals surface area (Å²) in [6.07, 6.45) is 3.77. The molecule has 1 heterocycles. The SMILES string of the molecule is COc1ccc(CN2CCCCC2)cc1-c1ccc(O)c2c1C[C@H]1C[C@H]3[C@H](N(C)C)C(=O)C(C(N)=O)=C(O)[C@@]3(O)C(=O)C1=C2O. The first-order valence-electron chi connectivity index (χ1n) is 15.3. The van der Waals surface area contributed by atoms with Gasteiger partial charge in [-0.3, -0.25) is 24.2 Å². The number of hydrogen-bond donors (Lipinski definition) is 5. The number of methoxy groups -OCH3 is 1. The normalized spacial score (nSPS) is 26.9. The second-order valence-electron chi connectivity index (χ2n) is 12.8. The van der Waals surface area contributed by atoms with Gasteiger partial charge in [0.25, 0.3) is 5.91 Å². The number of nitrogens with two attached hydrogens (primary N) is 1. The van der Waals surface area contributed by atoms with Crippen molar-refractivity contribution in [1.29, 1.82) is 0 Å². The Hall–Kier alpha value is -4.19. The summed E-state index contributed by atoms with van der Waals surface area (Å²) in [5.74, 6) is -6.17. The van der Waals surface area contributed by atoms with Gasteiger partial charge in [0.2, 0.25) is 5.78 Å². The molecule has 0 aromatic heterocycles. The molecule has 6 N–H and O–H groups in total. The number of likely N-dealkylation sites (tertiary alicyclic amines) is 1. The van der Waals surface area contributed by atoms with Gasteiger partial charge in [-0.15, -0.1) is 0 Å². The third-order valence-corrected chi connectivity index (χ3v) is 10.0. The number of aliphatic hydroxyl groups excluding tert-OH is 2. The van der Waals surface area contributed by atoms with Gasteiger partial charge in [-0.25, -0.2) is 0 Å². The lowest BCUT2D eigenvalue weighted by molar-refractivity contribution is -0.153. The molecule has 11 nitrogen and oxygen atoms in total. The van der Waals surface area contributed by atoms with Gasteiger partial charge in [0.1, 0.15) is 28.6 Å². The molecule has 2 aromatic carbocycles. The minimum Gasteiger partial charge on any atom is -0.508 e. The fraction of sp³-hybridized carbons (Fsp3) is 0.441. The maximum Gasteiger partial charge on any atom is 0.255 e. The van der Waals surface area contributed by atoms with Crippen molar-refractivity contribution in [3.05, 3.63) is 63.9 Å². The highest BCUT2D eigenvalue weighted by atomic mass is 16.5. The number of aliphatic hydroxyl groups is 3. The Morgan fingerprint density at radius 1 is 1.07 bits per heavy atom. The summed E-state index contributed by atoms with van der Waals surface area (Å²) < 4.78 is 5.74. The Morgan fingerprint density at radius 3 is 2.42 bits per heavy atom. The van der Waals surface area contributed by atoms with Crippen molar-refractivity contribution < 1.29 is 39.5 Å². The molecular weight excluding hydrogens is 578 g/mol. The smallest absolute Gasteiger partial charge is 0.255 e. The van der Waals surface area contributed by atoms with Crippen LogP contribution in [0.15, 0.2) is 47.2 Å². The number of aromatic hydroxyl groups is 1. The number of nitrogens with zero attached hydrogens (tertiary/aromatic N) is 2. The number of benzene rings is 2. The maximum absolute atomic E-state index is 14.1. The zero-order valence-corrected chi connectivity index (χ0v) is 25.7. The van der Waals surface area contributed by atoms with E-state index in [0.29, 0.717) is 16.9 Å². The van der Waals surface area contributed by atoms with E-state index in [1.807, 2.05) is 12.1 Å². The average Bonchev–Trinajstić information content (AvgIpc) is 2.99. The molecule has 45 heavy (non-hydrogen) atoms. The van der Waals surface area contributed by atoms with E-state index in [0.717, 1.165) is 43.6 Å². The number of likely N-dealkylation sites (N-methyl/N-ethyl adjacent to an activating group) is 1. The third kappa shape index (κ3) is 4.72. The van der Waals surface area contributed by atoms with Gasteiger partial charge in [0.05, 0.1) is 18.7 Å². The van der Waals surface area contributed by atoms with Gasteiger partial charge in [-0.05, 0) is 93.7 Å². The predicted molar refractivity (Wildman–Crippen MR) is 165 cm³/mol. The summed E-state index contributed by atoms with van der Waals surface area (Å²) in [6.45, 7) is 2.83. The molecule has 3 aliphatic carbocycles. The number of carbonyl (C=O) groups excluding carboxylic acids is 3. The van der Waals surface area contributed by atoms with Crippen LogP contribution in [0.2, 0.25) is 0 Å². The number of hydrogen-bond acceptors (Lipinski definition) is 10. The van der Waals surface area contributed by atoms with Crippen LogP contribution in [0.25, 0.3) is 16.9 Å². The van der Waals surface area contributed by atoms with E-state index in [-0.39, 0.29) is 29.7 Å². The highest BCUT2D eigenvalue weighted by Gasteiger charge is 2.64. The summed E-state index contributed by atoms with van der Waals surface area (Å²) in [5, 5.41) is 45.6. The first kappa shape index (κ1) is 30.8. The lowest BCUT2D eigenvalue weighted by Crippen LogP contribution is -2.65. The van der Waals surface area contributed by atoms with E-state index >= 15 is 0 Å². The number of ketones is 2. The molecule has 0 spiro atoms. The topological polar surface area (TPSA) is 174 Å². The number of primary amides is 1. The molecule has 6 rings (SSSR count). The lowest BCUT2D eigenvalue weighted by atomic mass is 9.57. The average molecular weight is 618 g/mol. The van der Waals surface area contributed by atoms with Crippen LogP contribution in [-0.2, 0) is 27.3 Å². The number of Topliss-reactive ketones (excluding diaryl/α,β-unsaturated/α-hetero) is 2. The molecule has 1 amide bonds.